The van der Waals surface area contributed by atoms with Crippen molar-refractivity contribution in [2.45, 2.75) is 56.7 Å². The molecule has 0 unspecified atom stereocenters. The van der Waals surface area contributed by atoms with Gasteiger partial charge < -0.3 is 10.6 Å². The number of rotatable bonds is 4. The van der Waals surface area contributed by atoms with Crippen LogP contribution in [-0.2, 0) is 19.9 Å². The topological polar surface area (TPSA) is 83.1 Å². The van der Waals surface area contributed by atoms with Gasteiger partial charge in [-0.15, -0.1) is 0 Å². The van der Waals surface area contributed by atoms with Crippen molar-refractivity contribution in [2.75, 3.05) is 17.3 Å². The number of imide groups is 1. The van der Waals surface area contributed by atoms with Crippen LogP contribution in [0, 0.1) is 18.8 Å². The summed E-state index contributed by atoms with van der Waals surface area (Å²) in [7, 11) is 0. The van der Waals surface area contributed by atoms with Crippen LogP contribution in [0.15, 0.2) is 18.2 Å². The summed E-state index contributed by atoms with van der Waals surface area (Å²) < 4.78 is 0. The molecule has 7 heteroatoms. The summed E-state index contributed by atoms with van der Waals surface area (Å²) in [5, 5.41) is 5.07. The van der Waals surface area contributed by atoms with E-state index >= 15 is 0 Å². The molecule has 1 saturated carbocycles. The Kier molecular flexibility index (Phi) is 4.51. The second-order valence-corrected chi connectivity index (χ2v) is 9.96. The number of carbonyl (C=O) groups excluding carboxylic acids is 3. The fraction of sp³-hybridized carbons (Fsp3) is 0.591. The number of nitrogens with two attached hydrogens (primary N) is 1. The molecule has 154 valence electrons. The summed E-state index contributed by atoms with van der Waals surface area (Å²) in [6, 6.07) is 5.88. The molecular weight excluding hydrogens is 386 g/mol. The van der Waals surface area contributed by atoms with Crippen molar-refractivity contribution >= 4 is 35.2 Å². The van der Waals surface area contributed by atoms with Crippen molar-refractivity contribution < 1.29 is 19.7 Å². The van der Waals surface area contributed by atoms with Crippen molar-refractivity contribution in [2.24, 2.45) is 11.8 Å². The first-order valence-corrected chi connectivity index (χ1v) is 12.0. The molecule has 1 spiro atoms. The van der Waals surface area contributed by atoms with E-state index in [-0.39, 0.29) is 29.8 Å². The third kappa shape index (κ3) is 2.56. The number of hydrogen-bond acceptors (Lipinski definition) is 4. The molecule has 1 aliphatic carbocycles. The van der Waals surface area contributed by atoms with E-state index in [1.807, 2.05) is 25.1 Å². The highest BCUT2D eigenvalue weighted by molar-refractivity contribution is 7.98. The van der Waals surface area contributed by atoms with Gasteiger partial charge in [0, 0.05) is 18.0 Å². The van der Waals surface area contributed by atoms with Crippen molar-refractivity contribution in [1.29, 1.82) is 0 Å². The minimum absolute atomic E-state index is 0.0142. The average Bonchev–Trinajstić information content (AvgIpc) is 3.43. The summed E-state index contributed by atoms with van der Waals surface area (Å²) in [4.78, 5) is 42.2. The Morgan fingerprint density at radius 2 is 1.97 bits per heavy atom. The fourth-order valence-corrected chi connectivity index (χ4v) is 6.65. The Bertz CT molecular complexity index is 897. The largest absolute Gasteiger partial charge is 0.326 e. The zero-order valence-electron chi connectivity index (χ0n) is 16.9. The highest BCUT2D eigenvalue weighted by Gasteiger charge is 2.74. The van der Waals surface area contributed by atoms with E-state index in [0.29, 0.717) is 0 Å². The van der Waals surface area contributed by atoms with Crippen LogP contribution in [0.2, 0.25) is 0 Å². The molecule has 3 heterocycles. The molecule has 3 N–H and O–H groups in total. The van der Waals surface area contributed by atoms with Crippen molar-refractivity contribution in [3.8, 4) is 0 Å². The highest BCUT2D eigenvalue weighted by Crippen LogP contribution is 2.50. The molecule has 29 heavy (non-hydrogen) atoms. The Hall–Kier alpha value is -1.86. The van der Waals surface area contributed by atoms with Gasteiger partial charge in [0.05, 0.1) is 5.69 Å². The lowest BCUT2D eigenvalue weighted by Gasteiger charge is -2.29. The number of aryl methyl sites for hydroxylation is 1. The van der Waals surface area contributed by atoms with Crippen LogP contribution < -0.4 is 10.6 Å². The van der Waals surface area contributed by atoms with Crippen molar-refractivity contribution in [3.05, 3.63) is 29.3 Å². The van der Waals surface area contributed by atoms with E-state index in [1.54, 1.807) is 16.7 Å². The smallest absolute Gasteiger partial charge is 0.291 e. The molecule has 6 nitrogen and oxygen atoms in total. The zero-order valence-corrected chi connectivity index (χ0v) is 17.8. The number of benzene rings is 1. The maximum absolute atomic E-state index is 13.7. The highest BCUT2D eigenvalue weighted by atomic mass is 32.2. The number of anilines is 1. The SMILES string of the molecule is CSCC[C@@H]1[NH2+][C@@]2(C(=O)Nc3ccc(C)cc32)[C@@H]2C(=O)N(C3CCCC3)C(=O)[C@H]12. The number of fused-ring (bicyclic) bond motifs is 4. The molecule has 2 saturated heterocycles. The molecule has 5 rings (SSSR count). The minimum atomic E-state index is -1.02. The van der Waals surface area contributed by atoms with Crippen LogP contribution in [0.5, 0.6) is 0 Å². The van der Waals surface area contributed by atoms with Gasteiger partial charge in [-0.05, 0) is 43.9 Å². The van der Waals surface area contributed by atoms with Crippen LogP contribution in [0.3, 0.4) is 0 Å². The van der Waals surface area contributed by atoms with Gasteiger partial charge in [0.2, 0.25) is 17.4 Å². The Labute approximate surface area is 175 Å². The number of nitrogens with one attached hydrogen (secondary N) is 1. The van der Waals surface area contributed by atoms with E-state index < -0.39 is 17.4 Å². The Morgan fingerprint density at radius 1 is 1.21 bits per heavy atom. The van der Waals surface area contributed by atoms with E-state index in [9.17, 15) is 14.4 Å². The quantitative estimate of drug-likeness (QED) is 0.730. The second kappa shape index (κ2) is 6.84. The van der Waals surface area contributed by atoms with Crippen LogP contribution in [0.1, 0.15) is 43.2 Å². The number of quaternary nitrogens is 1. The van der Waals surface area contributed by atoms with Gasteiger partial charge in [-0.3, -0.25) is 19.3 Å². The number of nitrogens with zero attached hydrogens (tertiary/aromatic N) is 1. The normalized spacial score (nSPS) is 33.7. The number of carbonyl (C=O) groups is 3. The van der Waals surface area contributed by atoms with Crippen molar-refractivity contribution in [1.82, 2.24) is 4.90 Å². The first-order chi connectivity index (χ1) is 14.0. The van der Waals surface area contributed by atoms with Gasteiger partial charge in [-0.2, -0.15) is 11.8 Å². The molecule has 1 aromatic rings. The first kappa shape index (κ1) is 19.1. The number of amides is 3. The van der Waals surface area contributed by atoms with Gasteiger partial charge in [-0.1, -0.05) is 24.5 Å². The predicted octanol–water partition coefficient (Wildman–Crippen LogP) is 1.38. The molecular formula is C22H28N3O3S+. The monoisotopic (exact) mass is 414 g/mol. The van der Waals surface area contributed by atoms with Crippen LogP contribution >= 0.6 is 11.8 Å². The van der Waals surface area contributed by atoms with E-state index in [4.69, 9.17) is 0 Å². The van der Waals surface area contributed by atoms with Gasteiger partial charge in [0.1, 0.15) is 17.9 Å². The molecule has 0 bridgehead atoms. The van der Waals surface area contributed by atoms with Gasteiger partial charge >= 0.3 is 0 Å². The minimum Gasteiger partial charge on any atom is -0.326 e. The zero-order chi connectivity index (χ0) is 20.3. The maximum Gasteiger partial charge on any atom is 0.291 e. The molecule has 4 atom stereocenters. The molecule has 3 aliphatic heterocycles. The molecule has 3 amide bonds. The Morgan fingerprint density at radius 3 is 2.69 bits per heavy atom. The van der Waals surface area contributed by atoms with Gasteiger partial charge in [-0.25, -0.2) is 0 Å². The molecule has 0 aromatic heterocycles. The lowest BCUT2D eigenvalue weighted by molar-refractivity contribution is -0.733. The summed E-state index contributed by atoms with van der Waals surface area (Å²) in [5.74, 6) is -0.417. The third-order valence-corrected chi connectivity index (χ3v) is 8.05. The molecule has 1 aromatic carbocycles. The van der Waals surface area contributed by atoms with Gasteiger partial charge in [0.25, 0.3) is 5.91 Å². The number of thioether (sulfide) groups is 1. The standard InChI is InChI=1S/C22H27N3O3S/c1-12-7-8-15-14(11-12)22(21(28)23-15)18-17(16(24-22)9-10-29-2)19(26)25(20(18)27)13-5-3-4-6-13/h7-8,11,13,16-18,24H,3-6,9-10H2,1-2H3,(H,23,28)/p+1/t16-,17+,18-,22+/m0/s1. The van der Waals surface area contributed by atoms with E-state index in [2.05, 4.69) is 16.9 Å². The summed E-state index contributed by atoms with van der Waals surface area (Å²) in [6.07, 6.45) is 6.78. The third-order valence-electron chi connectivity index (χ3n) is 7.40. The van der Waals surface area contributed by atoms with Crippen LogP contribution in [-0.4, -0.2) is 46.7 Å². The summed E-state index contributed by atoms with van der Waals surface area (Å²) in [5.41, 5.74) is 1.69. The lowest BCUT2D eigenvalue weighted by Crippen LogP contribution is -2.99. The second-order valence-electron chi connectivity index (χ2n) is 8.97. The summed E-state index contributed by atoms with van der Waals surface area (Å²) in [6.45, 7) is 2.00. The fourth-order valence-electron chi connectivity index (χ4n) is 6.14. The number of hydrogen-bond donors (Lipinski definition) is 2. The first-order valence-electron chi connectivity index (χ1n) is 10.6. The van der Waals surface area contributed by atoms with Crippen LogP contribution in [0.4, 0.5) is 5.69 Å². The molecule has 0 radical (unpaired) electrons. The molecule has 4 aliphatic rings. The summed E-state index contributed by atoms with van der Waals surface area (Å²) >= 11 is 1.74. The molecule has 3 fully saturated rings. The van der Waals surface area contributed by atoms with E-state index in [1.165, 1.54) is 0 Å². The van der Waals surface area contributed by atoms with Crippen LogP contribution in [0.25, 0.3) is 0 Å². The average molecular weight is 415 g/mol. The maximum atomic E-state index is 13.7. The van der Waals surface area contributed by atoms with E-state index in [0.717, 1.165) is 54.7 Å². The van der Waals surface area contributed by atoms with Gasteiger partial charge in [0.15, 0.2) is 0 Å². The lowest BCUT2D eigenvalue weighted by atomic mass is 9.76. The number of likely N-dealkylation sites (tertiary alicyclic amines) is 1. The predicted molar refractivity (Wildman–Crippen MR) is 111 cm³/mol. The Balaban J connectivity index is 1.63. The van der Waals surface area contributed by atoms with Crippen molar-refractivity contribution in [3.63, 3.8) is 0 Å².